The molecule has 0 amide bonds. The number of hydrazine groups is 1. The average molecular weight is 284 g/mol. The first-order valence-corrected chi connectivity index (χ1v) is 4.27. The van der Waals surface area contributed by atoms with Gasteiger partial charge in [0.2, 0.25) is 0 Å². The topological polar surface area (TPSA) is 38.0 Å². The van der Waals surface area contributed by atoms with Crippen LogP contribution in [0, 0.1) is 3.57 Å². The van der Waals surface area contributed by atoms with E-state index in [1.165, 1.54) is 12.1 Å². The van der Waals surface area contributed by atoms with E-state index in [0.29, 0.717) is 0 Å². The highest BCUT2D eigenvalue weighted by Crippen LogP contribution is 2.27. The molecule has 0 heterocycles. The molecule has 0 radical (unpaired) electrons. The van der Waals surface area contributed by atoms with Crippen LogP contribution in [0.25, 0.3) is 0 Å². The molecular weight excluding hydrogens is 277 g/mol. The van der Waals surface area contributed by atoms with Gasteiger partial charge in [0, 0.05) is 9.13 Å². The van der Waals surface area contributed by atoms with Crippen molar-refractivity contribution in [3.63, 3.8) is 0 Å². The van der Waals surface area contributed by atoms with Crippen molar-refractivity contribution < 1.29 is 8.78 Å². The molecule has 3 N–H and O–H groups in total. The van der Waals surface area contributed by atoms with Crippen molar-refractivity contribution in [2.75, 3.05) is 5.43 Å². The van der Waals surface area contributed by atoms with E-state index in [1.54, 1.807) is 6.07 Å². The van der Waals surface area contributed by atoms with Crippen molar-refractivity contribution in [2.45, 2.75) is 6.43 Å². The Labute approximate surface area is 82.2 Å². The lowest BCUT2D eigenvalue weighted by Crippen LogP contribution is -2.09. The van der Waals surface area contributed by atoms with Crippen LogP contribution in [0.5, 0.6) is 0 Å². The molecule has 1 aromatic carbocycles. The highest BCUT2D eigenvalue weighted by molar-refractivity contribution is 14.1. The van der Waals surface area contributed by atoms with Crippen LogP contribution in [0.15, 0.2) is 18.2 Å². The maximum atomic E-state index is 12.3. The molecule has 0 aliphatic rings. The first-order chi connectivity index (χ1) is 5.65. The Kier molecular flexibility index (Phi) is 3.21. The van der Waals surface area contributed by atoms with Gasteiger partial charge >= 0.3 is 0 Å². The molecular formula is C7H7F2IN2. The van der Waals surface area contributed by atoms with Gasteiger partial charge in [-0.25, -0.2) is 8.78 Å². The molecule has 1 rings (SSSR count). The largest absolute Gasteiger partial charge is 0.324 e. The Morgan fingerprint density at radius 3 is 2.58 bits per heavy atom. The summed E-state index contributed by atoms with van der Waals surface area (Å²) in [7, 11) is 0. The number of alkyl halides is 2. The summed E-state index contributed by atoms with van der Waals surface area (Å²) in [6, 6.07) is 4.64. The molecule has 0 saturated heterocycles. The van der Waals surface area contributed by atoms with Gasteiger partial charge in [-0.05, 0) is 40.8 Å². The third-order valence-corrected chi connectivity index (χ3v) is 2.08. The van der Waals surface area contributed by atoms with Crippen molar-refractivity contribution in [2.24, 2.45) is 5.84 Å². The van der Waals surface area contributed by atoms with E-state index in [9.17, 15) is 8.78 Å². The zero-order valence-electron chi connectivity index (χ0n) is 6.02. The van der Waals surface area contributed by atoms with Crippen molar-refractivity contribution in [3.05, 3.63) is 27.3 Å². The molecule has 5 heteroatoms. The Balaban J connectivity index is 3.12. The van der Waals surface area contributed by atoms with Crippen LogP contribution in [0.3, 0.4) is 0 Å². The number of nitrogens with two attached hydrogens (primary N) is 1. The highest BCUT2D eigenvalue weighted by atomic mass is 127. The van der Waals surface area contributed by atoms with Gasteiger partial charge in [-0.2, -0.15) is 0 Å². The summed E-state index contributed by atoms with van der Waals surface area (Å²) < 4.78 is 25.4. The standard InChI is InChI=1S/C7H7F2IN2/c8-7(9)5-3-4(10)1-2-6(5)12-11/h1-3,7,12H,11H2. The Bertz CT molecular complexity index is 278. The molecule has 0 unspecified atom stereocenters. The molecule has 0 atom stereocenters. The van der Waals surface area contributed by atoms with Crippen LogP contribution in [0.1, 0.15) is 12.0 Å². The molecule has 0 aliphatic heterocycles. The molecule has 0 saturated carbocycles. The molecule has 0 spiro atoms. The lowest BCUT2D eigenvalue weighted by molar-refractivity contribution is 0.152. The maximum Gasteiger partial charge on any atom is 0.265 e. The number of rotatable bonds is 2. The summed E-state index contributed by atoms with van der Waals surface area (Å²) in [6.45, 7) is 0. The molecule has 0 fully saturated rings. The Hall–Kier alpha value is -0.430. The normalized spacial score (nSPS) is 10.4. The van der Waals surface area contributed by atoms with Gasteiger partial charge in [0.15, 0.2) is 0 Å². The van der Waals surface area contributed by atoms with E-state index >= 15 is 0 Å². The van der Waals surface area contributed by atoms with Crippen molar-refractivity contribution in [1.82, 2.24) is 0 Å². The monoisotopic (exact) mass is 284 g/mol. The number of anilines is 1. The molecule has 12 heavy (non-hydrogen) atoms. The fourth-order valence-corrected chi connectivity index (χ4v) is 1.36. The zero-order valence-corrected chi connectivity index (χ0v) is 8.18. The van der Waals surface area contributed by atoms with Gasteiger partial charge in [0.05, 0.1) is 5.69 Å². The second-order valence-electron chi connectivity index (χ2n) is 2.18. The van der Waals surface area contributed by atoms with Crippen molar-refractivity contribution in [1.29, 1.82) is 0 Å². The molecule has 1 aromatic rings. The second-order valence-corrected chi connectivity index (χ2v) is 3.42. The smallest absolute Gasteiger partial charge is 0.265 e. The molecule has 0 aromatic heterocycles. The Morgan fingerprint density at radius 2 is 2.08 bits per heavy atom. The lowest BCUT2D eigenvalue weighted by atomic mass is 10.2. The fraction of sp³-hybridized carbons (Fsp3) is 0.143. The van der Waals surface area contributed by atoms with Crippen LogP contribution >= 0.6 is 22.6 Å². The number of hydrogen-bond donors (Lipinski definition) is 2. The molecule has 66 valence electrons. The minimum absolute atomic E-state index is 0.0654. The number of hydrogen-bond acceptors (Lipinski definition) is 2. The average Bonchev–Trinajstić information content (AvgIpc) is 2.04. The van der Waals surface area contributed by atoms with Gasteiger partial charge in [0.1, 0.15) is 0 Å². The van der Waals surface area contributed by atoms with Crippen LogP contribution in [-0.4, -0.2) is 0 Å². The van der Waals surface area contributed by atoms with E-state index in [4.69, 9.17) is 5.84 Å². The fourth-order valence-electron chi connectivity index (χ4n) is 0.846. The minimum atomic E-state index is -2.49. The third-order valence-electron chi connectivity index (χ3n) is 1.40. The predicted octanol–water partition coefficient (Wildman–Crippen LogP) is 2.51. The molecule has 0 bridgehead atoms. The summed E-state index contributed by atoms with van der Waals surface area (Å²) in [5.74, 6) is 5.05. The first-order valence-electron chi connectivity index (χ1n) is 3.19. The predicted molar refractivity (Wildman–Crippen MR) is 51.9 cm³/mol. The summed E-state index contributed by atoms with van der Waals surface area (Å²) in [6.07, 6.45) is -2.49. The van der Waals surface area contributed by atoms with Crippen LogP contribution < -0.4 is 11.3 Å². The van der Waals surface area contributed by atoms with Gasteiger partial charge < -0.3 is 5.43 Å². The van der Waals surface area contributed by atoms with Crippen molar-refractivity contribution >= 4 is 28.3 Å². The van der Waals surface area contributed by atoms with Gasteiger partial charge in [-0.15, -0.1) is 0 Å². The highest BCUT2D eigenvalue weighted by Gasteiger charge is 2.12. The van der Waals surface area contributed by atoms with Gasteiger partial charge in [-0.3, -0.25) is 5.84 Å². The van der Waals surface area contributed by atoms with Crippen molar-refractivity contribution in [3.8, 4) is 0 Å². The summed E-state index contributed by atoms with van der Waals surface area (Å²) in [4.78, 5) is 0. The minimum Gasteiger partial charge on any atom is -0.324 e. The van der Waals surface area contributed by atoms with E-state index in [-0.39, 0.29) is 11.3 Å². The Morgan fingerprint density at radius 1 is 1.42 bits per heavy atom. The van der Waals surface area contributed by atoms with E-state index < -0.39 is 6.43 Å². The summed E-state index contributed by atoms with van der Waals surface area (Å²) in [5.41, 5.74) is 2.42. The maximum absolute atomic E-state index is 12.3. The SMILES string of the molecule is NNc1ccc(I)cc1C(F)F. The summed E-state index contributed by atoms with van der Waals surface area (Å²) >= 11 is 1.97. The van der Waals surface area contributed by atoms with E-state index in [1.807, 2.05) is 22.6 Å². The van der Waals surface area contributed by atoms with E-state index in [2.05, 4.69) is 5.43 Å². The van der Waals surface area contributed by atoms with Crippen LogP contribution in [0.2, 0.25) is 0 Å². The second kappa shape index (κ2) is 3.99. The first kappa shape index (κ1) is 9.66. The summed E-state index contributed by atoms with van der Waals surface area (Å²) in [5, 5.41) is 0. The molecule has 0 aliphatic carbocycles. The zero-order chi connectivity index (χ0) is 9.14. The van der Waals surface area contributed by atoms with Crippen LogP contribution in [0.4, 0.5) is 14.5 Å². The molecule has 2 nitrogen and oxygen atoms in total. The number of halogens is 3. The van der Waals surface area contributed by atoms with Gasteiger partial charge in [0.25, 0.3) is 6.43 Å². The quantitative estimate of drug-likeness (QED) is 0.497. The van der Waals surface area contributed by atoms with Gasteiger partial charge in [-0.1, -0.05) is 0 Å². The number of benzene rings is 1. The third kappa shape index (κ3) is 2.04. The number of nitrogens with one attached hydrogen (secondary N) is 1. The van der Waals surface area contributed by atoms with Crippen LogP contribution in [-0.2, 0) is 0 Å². The lowest BCUT2D eigenvalue weighted by Gasteiger charge is -2.07. The van der Waals surface area contributed by atoms with E-state index in [0.717, 1.165) is 3.57 Å². The number of nitrogen functional groups attached to an aromatic ring is 1.